The fourth-order valence-electron chi connectivity index (χ4n) is 5.33. The van der Waals surface area contributed by atoms with Crippen molar-refractivity contribution in [3.8, 4) is 22.8 Å². The van der Waals surface area contributed by atoms with Crippen molar-refractivity contribution in [2.45, 2.75) is 38.2 Å². The van der Waals surface area contributed by atoms with Gasteiger partial charge < -0.3 is 15.2 Å². The number of hydrogen-bond acceptors (Lipinski definition) is 6. The van der Waals surface area contributed by atoms with Crippen LogP contribution in [0.2, 0.25) is 0 Å². The molecule has 2 aromatic carbocycles. The summed E-state index contributed by atoms with van der Waals surface area (Å²) in [4.78, 5) is 26.1. The Morgan fingerprint density at radius 3 is 2.68 bits per heavy atom. The number of fused-ring (bicyclic) bond motifs is 2. The largest absolute Gasteiger partial charge is 0.490 e. The Balaban J connectivity index is 1.35. The molecule has 210 valence electrons. The summed E-state index contributed by atoms with van der Waals surface area (Å²) in [6.45, 7) is -0.604. The quantitative estimate of drug-likeness (QED) is 0.256. The van der Waals surface area contributed by atoms with E-state index < -0.39 is 18.4 Å². The Labute approximate surface area is 234 Å². The van der Waals surface area contributed by atoms with Crippen LogP contribution in [0, 0.1) is 18.7 Å². The summed E-state index contributed by atoms with van der Waals surface area (Å²) in [6, 6.07) is 13.0. The minimum atomic E-state index is -2.98. The molecule has 0 spiro atoms. The highest BCUT2D eigenvalue weighted by atomic mass is 19.3. The summed E-state index contributed by atoms with van der Waals surface area (Å²) in [7, 11) is 0. The first-order valence-corrected chi connectivity index (χ1v) is 13.3. The number of ether oxygens (including phenoxy) is 2. The van der Waals surface area contributed by atoms with Gasteiger partial charge in [0.2, 0.25) is 5.91 Å². The Bertz CT molecular complexity index is 1660. The number of benzene rings is 2. The van der Waals surface area contributed by atoms with Crippen LogP contribution >= 0.6 is 0 Å². The average molecular weight is 561 g/mol. The molecule has 10 heteroatoms. The maximum atomic E-state index is 13.7. The maximum absolute atomic E-state index is 13.7. The van der Waals surface area contributed by atoms with Crippen molar-refractivity contribution in [1.29, 1.82) is 0 Å². The minimum Gasteiger partial charge on any atom is -0.490 e. The number of hydrogen-bond donors (Lipinski definition) is 1. The summed E-state index contributed by atoms with van der Waals surface area (Å²) in [5.41, 5.74) is 10.1. The molecule has 6 rings (SSSR count). The molecule has 41 heavy (non-hydrogen) atoms. The highest BCUT2D eigenvalue weighted by molar-refractivity contribution is 5.93. The summed E-state index contributed by atoms with van der Waals surface area (Å²) < 4.78 is 50.5. The third-order valence-corrected chi connectivity index (χ3v) is 7.49. The number of amides is 1. The normalized spacial score (nSPS) is 17.1. The number of carbonyl (C=O) groups is 1. The van der Waals surface area contributed by atoms with Crippen LogP contribution in [0.4, 0.5) is 13.2 Å². The third-order valence-electron chi connectivity index (χ3n) is 7.49. The zero-order chi connectivity index (χ0) is 28.7. The molecule has 0 saturated heterocycles. The molecule has 4 aromatic rings. The lowest BCUT2D eigenvalue weighted by atomic mass is 9.92. The van der Waals surface area contributed by atoms with Gasteiger partial charge in [0.25, 0.3) is 0 Å². The van der Waals surface area contributed by atoms with Crippen LogP contribution < -0.4 is 15.2 Å². The predicted octanol–water partition coefficient (Wildman–Crippen LogP) is 5.92. The zero-order valence-electron chi connectivity index (χ0n) is 22.2. The van der Waals surface area contributed by atoms with Gasteiger partial charge in [-0.15, -0.1) is 0 Å². The van der Waals surface area contributed by atoms with Crippen LogP contribution in [-0.4, -0.2) is 41.9 Å². The Kier molecular flexibility index (Phi) is 7.07. The first kappa shape index (κ1) is 26.7. The summed E-state index contributed by atoms with van der Waals surface area (Å²) in [5, 5.41) is 0.671. The van der Waals surface area contributed by atoms with Gasteiger partial charge in [-0.3, -0.25) is 14.8 Å². The second kappa shape index (κ2) is 10.8. The molecule has 1 aliphatic carbocycles. The summed E-state index contributed by atoms with van der Waals surface area (Å²) >= 11 is 0. The van der Waals surface area contributed by atoms with Crippen molar-refractivity contribution in [2.75, 3.05) is 13.2 Å². The van der Waals surface area contributed by atoms with Gasteiger partial charge in [-0.1, -0.05) is 0 Å². The Morgan fingerprint density at radius 2 is 1.98 bits per heavy atom. The fraction of sp³-hybridized carbons (Fsp3) is 0.290. The predicted molar refractivity (Wildman–Crippen MR) is 148 cm³/mol. The van der Waals surface area contributed by atoms with Gasteiger partial charge in [-0.05, 0) is 85.3 Å². The van der Waals surface area contributed by atoms with Gasteiger partial charge in [-0.25, -0.2) is 9.37 Å². The summed E-state index contributed by atoms with van der Waals surface area (Å²) in [6.07, 6.45) is 5.26. The SMILES string of the molecule is Cc1cnc2c(OC(F)F)cc(C=NCC(c3cc4c(c(-c5ccc(F)cc5)n3)OCC4C(N)=O)C3CC3)cc2c1. The molecule has 2 aromatic heterocycles. The van der Waals surface area contributed by atoms with E-state index in [1.54, 1.807) is 24.5 Å². The molecular weight excluding hydrogens is 533 g/mol. The molecule has 2 aliphatic rings. The van der Waals surface area contributed by atoms with Crippen LogP contribution in [0.1, 0.15) is 47.1 Å². The van der Waals surface area contributed by atoms with E-state index in [4.69, 9.17) is 20.2 Å². The molecule has 1 amide bonds. The number of halogens is 3. The first-order chi connectivity index (χ1) is 19.8. The van der Waals surface area contributed by atoms with E-state index in [-0.39, 0.29) is 24.1 Å². The topological polar surface area (TPSA) is 99.7 Å². The molecule has 3 heterocycles. The van der Waals surface area contributed by atoms with E-state index in [1.165, 1.54) is 18.2 Å². The number of aryl methyl sites for hydroxylation is 1. The van der Waals surface area contributed by atoms with Crippen LogP contribution in [0.5, 0.6) is 11.5 Å². The minimum absolute atomic E-state index is 0.0144. The van der Waals surface area contributed by atoms with E-state index in [0.29, 0.717) is 51.5 Å². The average Bonchev–Trinajstić information content (AvgIpc) is 3.67. The van der Waals surface area contributed by atoms with Crippen molar-refractivity contribution in [3.63, 3.8) is 0 Å². The number of rotatable bonds is 9. The monoisotopic (exact) mass is 560 g/mol. The van der Waals surface area contributed by atoms with Crippen LogP contribution in [0.15, 0.2) is 59.7 Å². The van der Waals surface area contributed by atoms with Gasteiger partial charge in [0.05, 0.1) is 0 Å². The number of carbonyl (C=O) groups excluding carboxylic acids is 1. The van der Waals surface area contributed by atoms with Gasteiger partial charge in [0.1, 0.15) is 35.3 Å². The highest BCUT2D eigenvalue weighted by Crippen LogP contribution is 2.47. The number of aliphatic imine (C=N–C) groups is 1. The molecule has 7 nitrogen and oxygen atoms in total. The molecule has 1 fully saturated rings. The summed E-state index contributed by atoms with van der Waals surface area (Å²) in [5.74, 6) is -0.731. The zero-order valence-corrected chi connectivity index (χ0v) is 22.2. The molecule has 0 bridgehead atoms. The van der Waals surface area contributed by atoms with Crippen molar-refractivity contribution in [1.82, 2.24) is 9.97 Å². The Morgan fingerprint density at radius 1 is 1.20 bits per heavy atom. The van der Waals surface area contributed by atoms with Crippen LogP contribution in [0.25, 0.3) is 22.2 Å². The maximum Gasteiger partial charge on any atom is 0.387 e. The van der Waals surface area contributed by atoms with E-state index in [0.717, 1.165) is 24.1 Å². The van der Waals surface area contributed by atoms with E-state index in [9.17, 15) is 18.0 Å². The molecule has 2 unspecified atom stereocenters. The molecular formula is C31H27F3N4O3. The van der Waals surface area contributed by atoms with E-state index in [1.807, 2.05) is 25.1 Å². The second-order valence-corrected chi connectivity index (χ2v) is 10.5. The number of primary amides is 1. The van der Waals surface area contributed by atoms with E-state index >= 15 is 0 Å². The van der Waals surface area contributed by atoms with Crippen molar-refractivity contribution < 1.29 is 27.4 Å². The van der Waals surface area contributed by atoms with Gasteiger partial charge >= 0.3 is 6.61 Å². The standard InChI is InChI=1S/C31H27F3N4O3/c1-16-8-20-9-17(10-26(41-31(33)34)27(20)37-12-16)13-36-14-23(18-2-3-18)25-11-22-24(30(35)39)15-40-29(22)28(38-25)19-4-6-21(32)7-5-19/h4-13,18,23-24,31H,2-3,14-15H2,1H3,(H2,35,39). The van der Waals surface area contributed by atoms with Crippen molar-refractivity contribution in [3.05, 3.63) is 82.9 Å². The lowest BCUT2D eigenvalue weighted by molar-refractivity contribution is -0.119. The number of nitrogens with zero attached hydrogens (tertiary/aromatic N) is 3. The molecule has 2 N–H and O–H groups in total. The smallest absolute Gasteiger partial charge is 0.387 e. The number of pyridine rings is 2. The Hall–Kier alpha value is -4.47. The van der Waals surface area contributed by atoms with Gasteiger partial charge in [0.15, 0.2) is 5.75 Å². The lowest BCUT2D eigenvalue weighted by Crippen LogP contribution is -2.22. The van der Waals surface area contributed by atoms with Gasteiger partial charge in [-0.2, -0.15) is 8.78 Å². The van der Waals surface area contributed by atoms with Crippen LogP contribution in [0.3, 0.4) is 0 Å². The second-order valence-electron chi connectivity index (χ2n) is 10.5. The third kappa shape index (κ3) is 5.59. The van der Waals surface area contributed by atoms with E-state index in [2.05, 4.69) is 9.98 Å². The number of aromatic nitrogens is 2. The van der Waals surface area contributed by atoms with Gasteiger partial charge in [0, 0.05) is 47.1 Å². The number of alkyl halides is 2. The fourth-order valence-corrected chi connectivity index (χ4v) is 5.33. The lowest BCUT2D eigenvalue weighted by Gasteiger charge is -2.18. The molecule has 2 atom stereocenters. The number of nitrogens with two attached hydrogens (primary N) is 1. The first-order valence-electron chi connectivity index (χ1n) is 13.3. The molecule has 1 aliphatic heterocycles. The van der Waals surface area contributed by atoms with Crippen molar-refractivity contribution in [2.24, 2.45) is 16.6 Å². The highest BCUT2D eigenvalue weighted by Gasteiger charge is 2.37. The molecule has 1 saturated carbocycles. The van der Waals surface area contributed by atoms with Crippen molar-refractivity contribution >= 4 is 23.0 Å². The molecule has 0 radical (unpaired) electrons. The van der Waals surface area contributed by atoms with Crippen LogP contribution in [-0.2, 0) is 4.79 Å².